The molecule has 0 amide bonds. The number of rotatable bonds is 3. The van der Waals surface area contributed by atoms with Gasteiger partial charge >= 0.3 is 0 Å². The third kappa shape index (κ3) is 3.06. The third-order valence-electron chi connectivity index (χ3n) is 3.93. The predicted molar refractivity (Wildman–Crippen MR) is 83.4 cm³/mol. The third-order valence-corrected chi connectivity index (χ3v) is 3.93. The first-order chi connectivity index (χ1) is 10.0. The second-order valence-corrected chi connectivity index (χ2v) is 6.33. The fraction of sp³-hybridized carbons (Fsp3) is 0.562. The maximum atomic E-state index is 5.67. The SMILES string of the molecule is CC1CN=C(NCC(C)(C)c2ccc3c(c2)OCCO3)N1. The van der Waals surface area contributed by atoms with Gasteiger partial charge in [-0.2, -0.15) is 0 Å². The Kier molecular flexibility index (Phi) is 3.66. The average molecular weight is 289 g/mol. The second-order valence-electron chi connectivity index (χ2n) is 6.33. The number of hydrogen-bond donors (Lipinski definition) is 2. The number of nitrogens with zero attached hydrogens (tertiary/aromatic N) is 1. The summed E-state index contributed by atoms with van der Waals surface area (Å²) in [5, 5.41) is 6.72. The summed E-state index contributed by atoms with van der Waals surface area (Å²) in [5.41, 5.74) is 1.21. The van der Waals surface area contributed by atoms with E-state index in [-0.39, 0.29) is 5.41 Å². The molecule has 21 heavy (non-hydrogen) atoms. The van der Waals surface area contributed by atoms with Gasteiger partial charge < -0.3 is 20.1 Å². The summed E-state index contributed by atoms with van der Waals surface area (Å²) in [6, 6.07) is 6.62. The van der Waals surface area contributed by atoms with Crippen LogP contribution in [-0.4, -0.2) is 38.3 Å². The standard InChI is InChI=1S/C16H23N3O2/c1-11-9-17-15(19-11)18-10-16(2,3)12-4-5-13-14(8-12)21-7-6-20-13/h4-5,8,11H,6-7,9-10H2,1-3H3,(H2,17,18,19). The molecule has 2 aliphatic heterocycles. The Morgan fingerprint density at radius 1 is 1.29 bits per heavy atom. The van der Waals surface area contributed by atoms with E-state index in [9.17, 15) is 0 Å². The van der Waals surface area contributed by atoms with E-state index >= 15 is 0 Å². The molecular formula is C16H23N3O2. The van der Waals surface area contributed by atoms with Gasteiger partial charge in [0.15, 0.2) is 17.5 Å². The van der Waals surface area contributed by atoms with Crippen molar-refractivity contribution < 1.29 is 9.47 Å². The number of hydrogen-bond acceptors (Lipinski definition) is 5. The zero-order chi connectivity index (χ0) is 14.9. The monoisotopic (exact) mass is 289 g/mol. The van der Waals surface area contributed by atoms with Crippen molar-refractivity contribution in [2.75, 3.05) is 26.3 Å². The topological polar surface area (TPSA) is 54.9 Å². The summed E-state index contributed by atoms with van der Waals surface area (Å²) in [7, 11) is 0. The van der Waals surface area contributed by atoms with Crippen LogP contribution in [0.5, 0.6) is 11.5 Å². The van der Waals surface area contributed by atoms with Crippen molar-refractivity contribution in [3.05, 3.63) is 23.8 Å². The zero-order valence-corrected chi connectivity index (χ0v) is 12.9. The first-order valence-electron chi connectivity index (χ1n) is 7.49. The van der Waals surface area contributed by atoms with E-state index in [1.165, 1.54) is 5.56 Å². The summed E-state index contributed by atoms with van der Waals surface area (Å²) in [6.45, 7) is 9.45. The highest BCUT2D eigenvalue weighted by Gasteiger charge is 2.24. The van der Waals surface area contributed by atoms with E-state index in [1.54, 1.807) is 0 Å². The van der Waals surface area contributed by atoms with Crippen LogP contribution in [0.2, 0.25) is 0 Å². The molecule has 2 N–H and O–H groups in total. The van der Waals surface area contributed by atoms with Gasteiger partial charge in [0.25, 0.3) is 0 Å². The summed E-state index contributed by atoms with van der Waals surface area (Å²) in [6.07, 6.45) is 0. The highest BCUT2D eigenvalue weighted by molar-refractivity contribution is 5.81. The molecule has 0 saturated heterocycles. The summed E-state index contributed by atoms with van der Waals surface area (Å²) in [5.74, 6) is 2.58. The van der Waals surface area contributed by atoms with Crippen LogP contribution < -0.4 is 20.1 Å². The lowest BCUT2D eigenvalue weighted by Gasteiger charge is -2.28. The van der Waals surface area contributed by atoms with E-state index in [1.807, 2.05) is 6.07 Å². The van der Waals surface area contributed by atoms with Gasteiger partial charge in [-0.05, 0) is 24.6 Å². The van der Waals surface area contributed by atoms with Crippen LogP contribution >= 0.6 is 0 Å². The molecule has 1 aromatic rings. The number of fused-ring (bicyclic) bond motifs is 1. The first kappa shape index (κ1) is 14.0. The molecular weight excluding hydrogens is 266 g/mol. The van der Waals surface area contributed by atoms with Crippen molar-refractivity contribution in [3.63, 3.8) is 0 Å². The Labute approximate surface area is 125 Å². The van der Waals surface area contributed by atoms with Crippen molar-refractivity contribution in [2.24, 2.45) is 4.99 Å². The molecule has 1 atom stereocenters. The molecule has 0 radical (unpaired) electrons. The van der Waals surface area contributed by atoms with Gasteiger partial charge in [-0.25, -0.2) is 0 Å². The number of nitrogens with one attached hydrogen (secondary N) is 2. The van der Waals surface area contributed by atoms with E-state index in [0.717, 1.165) is 30.5 Å². The van der Waals surface area contributed by atoms with Crippen LogP contribution in [0, 0.1) is 0 Å². The first-order valence-corrected chi connectivity index (χ1v) is 7.49. The van der Waals surface area contributed by atoms with Gasteiger partial charge in [0.2, 0.25) is 0 Å². The minimum atomic E-state index is -0.0220. The van der Waals surface area contributed by atoms with Crippen molar-refractivity contribution in [1.29, 1.82) is 0 Å². The number of benzene rings is 1. The Balaban J connectivity index is 1.69. The number of guanidine groups is 1. The lowest BCUT2D eigenvalue weighted by atomic mass is 9.84. The predicted octanol–water partition coefficient (Wildman–Crippen LogP) is 1.67. The van der Waals surface area contributed by atoms with Gasteiger partial charge in [0.05, 0.1) is 6.54 Å². The van der Waals surface area contributed by atoms with Gasteiger partial charge in [-0.1, -0.05) is 19.9 Å². The average Bonchev–Trinajstić information content (AvgIpc) is 2.90. The molecule has 1 aromatic carbocycles. The highest BCUT2D eigenvalue weighted by atomic mass is 16.6. The smallest absolute Gasteiger partial charge is 0.191 e. The minimum Gasteiger partial charge on any atom is -0.486 e. The molecule has 5 nitrogen and oxygen atoms in total. The maximum absolute atomic E-state index is 5.67. The van der Waals surface area contributed by atoms with Crippen LogP contribution in [-0.2, 0) is 5.41 Å². The summed E-state index contributed by atoms with van der Waals surface area (Å²) >= 11 is 0. The van der Waals surface area contributed by atoms with E-state index in [4.69, 9.17) is 9.47 Å². The zero-order valence-electron chi connectivity index (χ0n) is 12.9. The molecule has 1 unspecified atom stereocenters. The molecule has 3 rings (SSSR count). The fourth-order valence-corrected chi connectivity index (χ4v) is 2.53. The van der Waals surface area contributed by atoms with Crippen molar-refractivity contribution in [2.45, 2.75) is 32.2 Å². The van der Waals surface area contributed by atoms with Gasteiger partial charge in [0, 0.05) is 18.0 Å². The maximum Gasteiger partial charge on any atom is 0.191 e. The van der Waals surface area contributed by atoms with Crippen molar-refractivity contribution in [1.82, 2.24) is 10.6 Å². The number of aliphatic imine (C=N–C) groups is 1. The van der Waals surface area contributed by atoms with Crippen molar-refractivity contribution in [3.8, 4) is 11.5 Å². The molecule has 0 aromatic heterocycles. The van der Waals surface area contributed by atoms with Crippen LogP contribution in [0.25, 0.3) is 0 Å². The molecule has 114 valence electrons. The normalized spacial score (nSPS) is 20.7. The van der Waals surface area contributed by atoms with E-state index < -0.39 is 0 Å². The molecule has 5 heteroatoms. The molecule has 0 spiro atoms. The van der Waals surface area contributed by atoms with Crippen LogP contribution in [0.4, 0.5) is 0 Å². The Morgan fingerprint density at radius 3 is 2.76 bits per heavy atom. The molecule has 2 aliphatic rings. The molecule has 0 fully saturated rings. The van der Waals surface area contributed by atoms with E-state index in [0.29, 0.717) is 19.3 Å². The number of ether oxygens (including phenoxy) is 2. The van der Waals surface area contributed by atoms with Gasteiger partial charge in [-0.15, -0.1) is 0 Å². The van der Waals surface area contributed by atoms with Gasteiger partial charge in [-0.3, -0.25) is 4.99 Å². The quantitative estimate of drug-likeness (QED) is 0.889. The lowest BCUT2D eigenvalue weighted by Crippen LogP contribution is -2.43. The summed E-state index contributed by atoms with van der Waals surface area (Å²) < 4.78 is 11.2. The Hall–Kier alpha value is -1.91. The Bertz CT molecular complexity index is 554. The molecule has 2 heterocycles. The highest BCUT2D eigenvalue weighted by Crippen LogP contribution is 2.34. The fourth-order valence-electron chi connectivity index (χ4n) is 2.53. The summed E-state index contributed by atoms with van der Waals surface area (Å²) in [4.78, 5) is 4.43. The van der Waals surface area contributed by atoms with E-state index in [2.05, 4.69) is 48.5 Å². The lowest BCUT2D eigenvalue weighted by molar-refractivity contribution is 0.171. The minimum absolute atomic E-state index is 0.0220. The van der Waals surface area contributed by atoms with Crippen molar-refractivity contribution >= 4 is 5.96 Å². The molecule has 0 aliphatic carbocycles. The molecule has 0 bridgehead atoms. The second kappa shape index (κ2) is 5.47. The van der Waals surface area contributed by atoms with Gasteiger partial charge in [0.1, 0.15) is 13.2 Å². The van der Waals surface area contributed by atoms with Crippen LogP contribution in [0.1, 0.15) is 26.3 Å². The Morgan fingerprint density at radius 2 is 2.05 bits per heavy atom. The largest absolute Gasteiger partial charge is 0.486 e. The molecule has 0 saturated carbocycles. The van der Waals surface area contributed by atoms with Crippen LogP contribution in [0.3, 0.4) is 0 Å². The van der Waals surface area contributed by atoms with Crippen LogP contribution in [0.15, 0.2) is 23.2 Å².